The Morgan fingerprint density at radius 3 is 2.80 bits per heavy atom. The first kappa shape index (κ1) is 13.3. The highest BCUT2D eigenvalue weighted by Gasteiger charge is 2.18. The molecule has 4 nitrogen and oxygen atoms in total. The summed E-state index contributed by atoms with van der Waals surface area (Å²) in [4.78, 5) is 21.5. The van der Waals surface area contributed by atoms with E-state index in [4.69, 9.17) is 12.2 Å². The third-order valence-corrected chi connectivity index (χ3v) is 4.15. The second kappa shape index (κ2) is 5.34. The van der Waals surface area contributed by atoms with Crippen LogP contribution in [-0.4, -0.2) is 15.0 Å². The molecule has 0 spiro atoms. The minimum absolute atomic E-state index is 0.190. The van der Waals surface area contributed by atoms with E-state index in [0.717, 1.165) is 10.6 Å². The number of hydrogen-bond acceptors (Lipinski definition) is 4. The molecule has 0 saturated carbocycles. The van der Waals surface area contributed by atoms with Gasteiger partial charge < -0.3 is 4.98 Å². The molecule has 20 heavy (non-hydrogen) atoms. The van der Waals surface area contributed by atoms with Crippen molar-refractivity contribution in [3.8, 4) is 0 Å². The zero-order valence-corrected chi connectivity index (χ0v) is 11.9. The van der Waals surface area contributed by atoms with E-state index in [-0.39, 0.29) is 16.1 Å². The number of nitrogens with one attached hydrogen (secondary N) is 2. The van der Waals surface area contributed by atoms with Gasteiger partial charge in [0.05, 0.1) is 10.6 Å². The van der Waals surface area contributed by atoms with E-state index < -0.39 is 0 Å². The molecule has 3 rings (SSSR count). The predicted molar refractivity (Wildman–Crippen MR) is 80.7 cm³/mol. The van der Waals surface area contributed by atoms with Crippen molar-refractivity contribution in [2.45, 2.75) is 12.2 Å². The van der Waals surface area contributed by atoms with Crippen LogP contribution in [0.3, 0.4) is 0 Å². The fourth-order valence-electron chi connectivity index (χ4n) is 1.91. The summed E-state index contributed by atoms with van der Waals surface area (Å²) in [7, 11) is 0. The first-order valence-electron chi connectivity index (χ1n) is 5.92. The molecule has 0 aliphatic carbocycles. The van der Waals surface area contributed by atoms with Crippen molar-refractivity contribution < 1.29 is 4.39 Å². The minimum Gasteiger partial charge on any atom is -0.317 e. The van der Waals surface area contributed by atoms with Gasteiger partial charge in [-0.1, -0.05) is 12.1 Å². The van der Waals surface area contributed by atoms with Crippen LogP contribution in [0, 0.1) is 10.6 Å². The Bertz CT molecular complexity index is 792. The SMILES string of the molecule is O=c1[nH]c(=S)[nH]c2c1CC(SCc1ccc(F)cc1)=N2. The van der Waals surface area contributed by atoms with Gasteiger partial charge in [0, 0.05) is 12.2 Å². The molecule has 0 amide bonds. The second-order valence-electron chi connectivity index (χ2n) is 4.33. The van der Waals surface area contributed by atoms with Crippen molar-refractivity contribution >= 4 is 34.8 Å². The largest absolute Gasteiger partial charge is 0.317 e. The summed E-state index contributed by atoms with van der Waals surface area (Å²) in [6, 6.07) is 6.35. The number of benzene rings is 1. The Morgan fingerprint density at radius 2 is 2.05 bits per heavy atom. The van der Waals surface area contributed by atoms with Crippen molar-refractivity contribution in [3.05, 3.63) is 56.3 Å². The summed E-state index contributed by atoms with van der Waals surface area (Å²) in [5.41, 5.74) is 1.43. The number of hydrogen-bond donors (Lipinski definition) is 2. The number of aromatic nitrogens is 2. The van der Waals surface area contributed by atoms with E-state index in [0.29, 0.717) is 23.6 Å². The van der Waals surface area contributed by atoms with Gasteiger partial charge in [0.2, 0.25) is 0 Å². The van der Waals surface area contributed by atoms with E-state index >= 15 is 0 Å². The summed E-state index contributed by atoms with van der Waals surface area (Å²) in [5.74, 6) is 0.981. The van der Waals surface area contributed by atoms with Gasteiger partial charge in [0.15, 0.2) is 4.77 Å². The first-order chi connectivity index (χ1) is 9.61. The third-order valence-electron chi connectivity index (χ3n) is 2.90. The molecule has 102 valence electrons. The number of nitrogens with zero attached hydrogens (tertiary/aromatic N) is 1. The summed E-state index contributed by atoms with van der Waals surface area (Å²) < 4.78 is 13.1. The quantitative estimate of drug-likeness (QED) is 0.838. The standard InChI is InChI=1S/C13H10FN3OS2/c14-8-3-1-7(2-4-8)6-20-10-5-9-11(15-10)16-13(19)17-12(9)18/h1-4H,5-6H2,(H2,16,17,18,19). The smallest absolute Gasteiger partial charge is 0.257 e. The number of fused-ring (bicyclic) bond motifs is 1. The van der Waals surface area contributed by atoms with Crippen molar-refractivity contribution in [3.63, 3.8) is 0 Å². The maximum absolute atomic E-state index is 12.8. The minimum atomic E-state index is -0.247. The van der Waals surface area contributed by atoms with Crippen LogP contribution >= 0.6 is 24.0 Å². The lowest BCUT2D eigenvalue weighted by atomic mass is 10.2. The van der Waals surface area contributed by atoms with Crippen LogP contribution in [0.25, 0.3) is 0 Å². The Morgan fingerprint density at radius 1 is 1.30 bits per heavy atom. The van der Waals surface area contributed by atoms with E-state index in [1.807, 2.05) is 0 Å². The van der Waals surface area contributed by atoms with E-state index in [2.05, 4.69) is 15.0 Å². The average Bonchev–Trinajstić information content (AvgIpc) is 2.81. The van der Waals surface area contributed by atoms with Crippen molar-refractivity contribution in [1.29, 1.82) is 0 Å². The fraction of sp³-hybridized carbons (Fsp3) is 0.154. The molecule has 0 atom stereocenters. The molecule has 0 radical (unpaired) electrons. The number of halogens is 1. The maximum atomic E-state index is 12.8. The van der Waals surface area contributed by atoms with Gasteiger partial charge in [-0.15, -0.1) is 11.8 Å². The molecule has 1 aromatic carbocycles. The Balaban J connectivity index is 1.73. The van der Waals surface area contributed by atoms with Crippen LogP contribution < -0.4 is 5.56 Å². The topological polar surface area (TPSA) is 61.0 Å². The second-order valence-corrected chi connectivity index (χ2v) is 5.79. The summed E-state index contributed by atoms with van der Waals surface area (Å²) in [6.07, 6.45) is 0.503. The van der Waals surface area contributed by atoms with Gasteiger partial charge in [-0.3, -0.25) is 9.78 Å². The number of aromatic amines is 2. The molecule has 7 heteroatoms. The molecular formula is C13H10FN3OS2. The predicted octanol–water partition coefficient (Wildman–Crippen LogP) is 3.09. The highest BCUT2D eigenvalue weighted by molar-refractivity contribution is 8.13. The van der Waals surface area contributed by atoms with Gasteiger partial charge in [0.25, 0.3) is 5.56 Å². The molecule has 0 bridgehead atoms. The highest BCUT2D eigenvalue weighted by atomic mass is 32.2. The Kier molecular flexibility index (Phi) is 3.54. The molecule has 2 heterocycles. The maximum Gasteiger partial charge on any atom is 0.257 e. The third kappa shape index (κ3) is 2.73. The van der Waals surface area contributed by atoms with Gasteiger partial charge in [-0.2, -0.15) is 0 Å². The average molecular weight is 307 g/mol. The summed E-state index contributed by atoms with van der Waals surface area (Å²) in [5, 5.41) is 0.853. The Labute approximate surface area is 123 Å². The van der Waals surface area contributed by atoms with Gasteiger partial charge in [-0.05, 0) is 29.9 Å². The van der Waals surface area contributed by atoms with Crippen LogP contribution in [0.5, 0.6) is 0 Å². The lowest BCUT2D eigenvalue weighted by Crippen LogP contribution is -2.13. The fourth-order valence-corrected chi connectivity index (χ4v) is 3.02. The van der Waals surface area contributed by atoms with Crippen LogP contribution in [-0.2, 0) is 12.2 Å². The van der Waals surface area contributed by atoms with E-state index in [9.17, 15) is 9.18 Å². The van der Waals surface area contributed by atoms with E-state index in [1.54, 1.807) is 12.1 Å². The Hall–Kier alpha value is -1.73. The van der Waals surface area contributed by atoms with Crippen LogP contribution in [0.2, 0.25) is 0 Å². The molecule has 0 unspecified atom stereocenters. The van der Waals surface area contributed by atoms with Crippen LogP contribution in [0.15, 0.2) is 34.1 Å². The first-order valence-corrected chi connectivity index (χ1v) is 7.31. The van der Waals surface area contributed by atoms with Crippen molar-refractivity contribution in [1.82, 2.24) is 9.97 Å². The monoisotopic (exact) mass is 307 g/mol. The van der Waals surface area contributed by atoms with Crippen molar-refractivity contribution in [2.24, 2.45) is 4.99 Å². The normalized spacial score (nSPS) is 13.2. The van der Waals surface area contributed by atoms with Crippen LogP contribution in [0.1, 0.15) is 11.1 Å². The molecule has 1 aliphatic rings. The number of aliphatic imine (C=N–C) groups is 1. The number of H-pyrrole nitrogens is 2. The molecule has 2 aromatic rings. The van der Waals surface area contributed by atoms with Gasteiger partial charge in [0.1, 0.15) is 11.6 Å². The summed E-state index contributed by atoms with van der Waals surface area (Å²) in [6.45, 7) is 0. The molecule has 2 N–H and O–H groups in total. The summed E-state index contributed by atoms with van der Waals surface area (Å²) >= 11 is 6.44. The molecule has 1 aliphatic heterocycles. The highest BCUT2D eigenvalue weighted by Crippen LogP contribution is 2.27. The van der Waals surface area contributed by atoms with Gasteiger partial charge in [-0.25, -0.2) is 9.38 Å². The van der Waals surface area contributed by atoms with Gasteiger partial charge >= 0.3 is 0 Å². The number of rotatable bonds is 2. The molecular weight excluding hydrogens is 297 g/mol. The molecule has 1 aromatic heterocycles. The van der Waals surface area contributed by atoms with Crippen molar-refractivity contribution in [2.75, 3.05) is 0 Å². The molecule has 0 fully saturated rings. The molecule has 0 saturated heterocycles. The lowest BCUT2D eigenvalue weighted by molar-refractivity contribution is 0.627. The number of thioether (sulfide) groups is 1. The zero-order chi connectivity index (χ0) is 14.1. The van der Waals surface area contributed by atoms with E-state index in [1.165, 1.54) is 23.9 Å². The zero-order valence-electron chi connectivity index (χ0n) is 10.3. The van der Waals surface area contributed by atoms with Crippen LogP contribution in [0.4, 0.5) is 10.2 Å². The lowest BCUT2D eigenvalue weighted by Gasteiger charge is -2.00.